The molecule has 0 atom stereocenters. The van der Waals surface area contributed by atoms with E-state index >= 15 is 0 Å². The average Bonchev–Trinajstić information content (AvgIpc) is 2.96. The number of aliphatic carboxylic acids is 2. The first-order chi connectivity index (χ1) is 23.4. The van der Waals surface area contributed by atoms with Gasteiger partial charge in [0.2, 0.25) is 17.3 Å². The number of amides is 2. The van der Waals surface area contributed by atoms with Crippen molar-refractivity contribution in [2.45, 2.75) is 70.6 Å². The monoisotopic (exact) mass is 760 g/mol. The van der Waals surface area contributed by atoms with Crippen molar-refractivity contribution in [3.05, 3.63) is 58.7 Å². The van der Waals surface area contributed by atoms with Gasteiger partial charge in [-0.25, -0.2) is 0 Å². The number of hydrogen-bond donors (Lipinski definition) is 10. The van der Waals surface area contributed by atoms with Crippen LogP contribution < -0.4 is 10.6 Å². The van der Waals surface area contributed by atoms with Crippen LogP contribution in [-0.2, 0) is 54.2 Å². The summed E-state index contributed by atoms with van der Waals surface area (Å²) >= 11 is 0. The fourth-order valence-electron chi connectivity index (χ4n) is 4.99. The van der Waals surface area contributed by atoms with Gasteiger partial charge in [0.25, 0.3) is 0 Å². The van der Waals surface area contributed by atoms with Crippen molar-refractivity contribution in [3.63, 3.8) is 0 Å². The summed E-state index contributed by atoms with van der Waals surface area (Å²) in [5.74, 6) is -3.91. The second-order valence-electron chi connectivity index (χ2n) is 13.1. The molecule has 0 aliphatic rings. The molecule has 10 N–H and O–H groups in total. The highest BCUT2D eigenvalue weighted by Gasteiger charge is 2.44. The summed E-state index contributed by atoms with van der Waals surface area (Å²) in [6, 6.07) is 8.97. The van der Waals surface area contributed by atoms with Crippen LogP contribution in [0.15, 0.2) is 36.4 Å². The lowest BCUT2D eigenvalue weighted by molar-refractivity contribution is -0.140. The minimum Gasteiger partial charge on any atom is -0.508 e. The topological polar surface area (TPSA) is 295 Å². The van der Waals surface area contributed by atoms with Gasteiger partial charge in [-0.3, -0.25) is 38.1 Å². The molecule has 0 aromatic heterocycles. The van der Waals surface area contributed by atoms with Gasteiger partial charge in [-0.15, -0.1) is 0 Å². The maximum Gasteiger partial charge on any atom is 0.360 e. The largest absolute Gasteiger partial charge is 0.508 e. The molecule has 0 heterocycles. The SMILES string of the molecule is CC(C)(C)NC(=O)CCc1ccc(O)c(CN(CCN(CC(=O)O)Cc2cc(CCC(=O)NC(P(=O)(O)O)P(=O)(O)O)ccc2O)CC(=O)O)c1. The summed E-state index contributed by atoms with van der Waals surface area (Å²) in [5, 5.41) is 44.7. The molecule has 284 valence electrons. The number of phenolic OH excluding ortho intramolecular Hbond substituents is 2. The Balaban J connectivity index is 2.16. The number of benzene rings is 2. The Morgan fingerprint density at radius 2 is 1.10 bits per heavy atom. The molecule has 0 radical (unpaired) electrons. The molecule has 0 aliphatic carbocycles. The van der Waals surface area contributed by atoms with Crippen molar-refractivity contribution in [3.8, 4) is 11.5 Å². The normalized spacial score (nSPS) is 12.4. The second kappa shape index (κ2) is 18.6. The van der Waals surface area contributed by atoms with E-state index in [1.165, 1.54) is 34.1 Å². The first kappa shape index (κ1) is 43.3. The Morgan fingerprint density at radius 3 is 1.45 bits per heavy atom. The van der Waals surface area contributed by atoms with E-state index in [1.54, 1.807) is 17.4 Å². The Bertz CT molecular complexity index is 1630. The molecule has 2 rings (SSSR count). The van der Waals surface area contributed by atoms with Gasteiger partial charge in [-0.2, -0.15) is 0 Å². The highest BCUT2D eigenvalue weighted by molar-refractivity contribution is 7.70. The first-order valence-corrected chi connectivity index (χ1v) is 19.0. The molecule has 18 nitrogen and oxygen atoms in total. The molecule has 2 amide bonds. The van der Waals surface area contributed by atoms with Crippen molar-refractivity contribution in [1.82, 2.24) is 20.4 Å². The zero-order chi connectivity index (χ0) is 38.7. The third-order valence-corrected chi connectivity index (χ3v) is 10.6. The van der Waals surface area contributed by atoms with Crippen LogP contribution in [0, 0.1) is 0 Å². The average molecular weight is 761 g/mol. The maximum atomic E-state index is 12.3. The first-order valence-electron chi connectivity index (χ1n) is 15.6. The molecular weight excluding hydrogens is 714 g/mol. The number of hydrogen-bond acceptors (Lipinski definition) is 10. The summed E-state index contributed by atoms with van der Waals surface area (Å²) in [4.78, 5) is 87.8. The Kier molecular flexibility index (Phi) is 15.8. The van der Waals surface area contributed by atoms with Crippen molar-refractivity contribution in [2.75, 3.05) is 26.2 Å². The molecule has 0 aliphatic heterocycles. The van der Waals surface area contributed by atoms with Crippen LogP contribution >= 0.6 is 15.2 Å². The number of aryl methyl sites for hydroxylation is 2. The van der Waals surface area contributed by atoms with Crippen LogP contribution in [0.4, 0.5) is 0 Å². The van der Waals surface area contributed by atoms with E-state index < -0.39 is 63.6 Å². The molecular formula is C31H46N4O14P2. The highest BCUT2D eigenvalue weighted by Crippen LogP contribution is 2.58. The van der Waals surface area contributed by atoms with Gasteiger partial charge in [-0.05, 0) is 56.9 Å². The van der Waals surface area contributed by atoms with Crippen LogP contribution in [0.25, 0.3) is 0 Å². The van der Waals surface area contributed by atoms with Crippen molar-refractivity contribution >= 4 is 38.9 Å². The third kappa shape index (κ3) is 16.4. The molecule has 0 bridgehead atoms. The van der Waals surface area contributed by atoms with Crippen LogP contribution in [0.5, 0.6) is 11.5 Å². The van der Waals surface area contributed by atoms with Gasteiger partial charge < -0.3 is 50.6 Å². The summed E-state index contributed by atoms with van der Waals surface area (Å²) < 4.78 is 22.9. The predicted octanol–water partition coefficient (Wildman–Crippen LogP) is 1.11. The summed E-state index contributed by atoms with van der Waals surface area (Å²) in [5.41, 5.74) is -1.30. The van der Waals surface area contributed by atoms with Crippen molar-refractivity contribution in [1.29, 1.82) is 0 Å². The van der Waals surface area contributed by atoms with Gasteiger partial charge in [0.1, 0.15) is 11.5 Å². The maximum absolute atomic E-state index is 12.3. The van der Waals surface area contributed by atoms with E-state index in [0.29, 0.717) is 17.5 Å². The number of carbonyl (C=O) groups is 4. The summed E-state index contributed by atoms with van der Waals surface area (Å²) in [7, 11) is -10.8. The van der Waals surface area contributed by atoms with E-state index in [9.17, 15) is 68.3 Å². The molecule has 0 unspecified atom stereocenters. The molecule has 0 saturated heterocycles. The zero-order valence-electron chi connectivity index (χ0n) is 28.4. The number of aromatic hydroxyl groups is 2. The molecule has 0 fully saturated rings. The van der Waals surface area contributed by atoms with Gasteiger partial charge in [-0.1, -0.05) is 24.3 Å². The van der Waals surface area contributed by atoms with Crippen LogP contribution in [0.1, 0.15) is 55.9 Å². The fourth-order valence-corrected chi connectivity index (χ4v) is 7.19. The van der Waals surface area contributed by atoms with E-state index in [1.807, 2.05) is 20.8 Å². The van der Waals surface area contributed by atoms with Crippen LogP contribution in [-0.4, -0.2) is 111 Å². The van der Waals surface area contributed by atoms with Crippen molar-refractivity contribution < 1.29 is 68.3 Å². The molecule has 0 spiro atoms. The van der Waals surface area contributed by atoms with E-state index in [2.05, 4.69) is 5.32 Å². The molecule has 2 aromatic carbocycles. The van der Waals surface area contributed by atoms with Gasteiger partial charge in [0.05, 0.1) is 13.1 Å². The Morgan fingerprint density at radius 1 is 0.706 bits per heavy atom. The number of nitrogens with zero attached hydrogens (tertiary/aromatic N) is 2. The number of carboxylic acids is 2. The van der Waals surface area contributed by atoms with Crippen LogP contribution in [0.2, 0.25) is 0 Å². The quantitative estimate of drug-likeness (QED) is 0.0846. The van der Waals surface area contributed by atoms with Crippen molar-refractivity contribution in [2.24, 2.45) is 0 Å². The lowest BCUT2D eigenvalue weighted by atomic mass is 10.0. The number of rotatable bonds is 20. The zero-order valence-corrected chi connectivity index (χ0v) is 30.2. The summed E-state index contributed by atoms with van der Waals surface area (Å²) in [6.45, 7) is 4.51. The number of carbonyl (C=O) groups excluding carboxylic acids is 2. The lowest BCUT2D eigenvalue weighted by Gasteiger charge is -2.26. The fraction of sp³-hybridized carbons (Fsp3) is 0.484. The second-order valence-corrected chi connectivity index (χ2v) is 16.8. The van der Waals surface area contributed by atoms with Gasteiger partial charge in [0, 0.05) is 55.7 Å². The predicted molar refractivity (Wildman–Crippen MR) is 183 cm³/mol. The lowest BCUT2D eigenvalue weighted by Crippen LogP contribution is -2.40. The Hall–Kier alpha value is -3.86. The Labute approximate surface area is 294 Å². The standard InChI is InChI=1S/C31H46N4O14P2/c1-31(2,3)33-27(39)11-7-21-5-9-25(37)23(15-21)17-35(19-29(42)43)13-12-34(18-28(40)41)16-22-14-20(4-8-24(22)36)6-10-26(38)32-30(50(44,45)46)51(47,48)49/h4-5,8-9,14-15,30,36-37H,6-7,10-13,16-19H2,1-3H3,(H,32,38)(H,33,39)(H,40,41)(H,42,43)(H2,44,45,46)(H2,47,48,49). The van der Waals surface area contributed by atoms with E-state index in [0.717, 1.165) is 5.56 Å². The number of nitrogens with one attached hydrogen (secondary N) is 2. The molecule has 0 saturated carbocycles. The summed E-state index contributed by atoms with van der Waals surface area (Å²) in [6.07, 6.45) is 0.0413. The third-order valence-electron chi connectivity index (χ3n) is 7.25. The van der Waals surface area contributed by atoms with Gasteiger partial charge >= 0.3 is 27.1 Å². The highest BCUT2D eigenvalue weighted by atomic mass is 31.2. The molecule has 51 heavy (non-hydrogen) atoms. The van der Waals surface area contributed by atoms with E-state index in [-0.39, 0.29) is 62.0 Å². The molecule has 20 heteroatoms. The minimum absolute atomic E-state index is 0.00518. The minimum atomic E-state index is -5.39. The van der Waals surface area contributed by atoms with Gasteiger partial charge in [0.15, 0.2) is 0 Å². The molecule has 2 aromatic rings. The van der Waals surface area contributed by atoms with Crippen LogP contribution in [0.3, 0.4) is 0 Å². The smallest absolute Gasteiger partial charge is 0.360 e. The number of phenols is 2. The number of carboxylic acid groups (broad SMARTS) is 2. The van der Waals surface area contributed by atoms with E-state index in [4.69, 9.17) is 0 Å².